The fourth-order valence-electron chi connectivity index (χ4n) is 4.78. The number of carbonyl (C=O) groups excluding carboxylic acids is 4. The van der Waals surface area contributed by atoms with Crippen LogP contribution in [0.25, 0.3) is 22.1 Å². The molecule has 10 nitrogen and oxygen atoms in total. The van der Waals surface area contributed by atoms with Crippen molar-refractivity contribution in [3.8, 4) is 11.1 Å². The molecule has 0 bridgehead atoms. The Morgan fingerprint density at radius 2 is 1.57 bits per heavy atom. The van der Waals surface area contributed by atoms with E-state index in [4.69, 9.17) is 13.9 Å². The number of rotatable bonds is 12. The Kier molecular flexibility index (Phi) is 10.4. The molecule has 5 rings (SSSR count). The van der Waals surface area contributed by atoms with Gasteiger partial charge in [-0.15, -0.1) is 0 Å². The van der Waals surface area contributed by atoms with Crippen molar-refractivity contribution in [2.75, 3.05) is 19.0 Å². The van der Waals surface area contributed by atoms with Crippen molar-refractivity contribution >= 4 is 40.5 Å². The zero-order valence-electron chi connectivity index (χ0n) is 25.2. The van der Waals surface area contributed by atoms with E-state index in [1.165, 1.54) is 7.11 Å². The van der Waals surface area contributed by atoms with Gasteiger partial charge in [0.15, 0.2) is 5.76 Å². The molecule has 1 heterocycles. The first-order chi connectivity index (χ1) is 22.4. The van der Waals surface area contributed by atoms with Crippen LogP contribution in [-0.4, -0.2) is 43.6 Å². The van der Waals surface area contributed by atoms with Crippen molar-refractivity contribution in [1.82, 2.24) is 10.6 Å². The van der Waals surface area contributed by atoms with Crippen molar-refractivity contribution < 1.29 is 33.1 Å². The van der Waals surface area contributed by atoms with E-state index in [-0.39, 0.29) is 25.3 Å². The molecular formula is C36H33N3O7. The molecule has 0 aliphatic carbocycles. The molecule has 1 aromatic heterocycles. The van der Waals surface area contributed by atoms with Gasteiger partial charge in [-0.05, 0) is 65.9 Å². The molecule has 0 aliphatic heterocycles. The molecule has 5 aromatic rings. The smallest absolute Gasteiger partial charge is 0.407 e. The predicted molar refractivity (Wildman–Crippen MR) is 173 cm³/mol. The van der Waals surface area contributed by atoms with Gasteiger partial charge in [-0.2, -0.15) is 0 Å². The van der Waals surface area contributed by atoms with Crippen LogP contribution in [0.3, 0.4) is 0 Å². The topological polar surface area (TPSA) is 136 Å². The van der Waals surface area contributed by atoms with Crippen LogP contribution >= 0.6 is 0 Å². The number of furan rings is 1. The molecule has 10 heteroatoms. The van der Waals surface area contributed by atoms with E-state index in [1.807, 2.05) is 66.7 Å². The fourth-order valence-corrected chi connectivity index (χ4v) is 4.78. The summed E-state index contributed by atoms with van der Waals surface area (Å²) in [5.74, 6) is -1.31. The highest BCUT2D eigenvalue weighted by Gasteiger charge is 2.23. The highest BCUT2D eigenvalue weighted by Crippen LogP contribution is 2.23. The van der Waals surface area contributed by atoms with Crippen molar-refractivity contribution in [3.63, 3.8) is 0 Å². The van der Waals surface area contributed by atoms with Crippen molar-refractivity contribution in [3.05, 3.63) is 126 Å². The van der Waals surface area contributed by atoms with E-state index >= 15 is 0 Å². The average Bonchev–Trinajstić information content (AvgIpc) is 3.54. The van der Waals surface area contributed by atoms with Crippen LogP contribution in [0.4, 0.5) is 10.5 Å². The third-order valence-electron chi connectivity index (χ3n) is 7.19. The van der Waals surface area contributed by atoms with Crippen LogP contribution in [0.2, 0.25) is 0 Å². The third-order valence-corrected chi connectivity index (χ3v) is 7.19. The summed E-state index contributed by atoms with van der Waals surface area (Å²) in [6.45, 7) is 0.373. The van der Waals surface area contributed by atoms with Gasteiger partial charge in [0.2, 0.25) is 5.91 Å². The number of amides is 3. The minimum Gasteiger partial charge on any atom is -0.465 e. The van der Waals surface area contributed by atoms with Gasteiger partial charge in [-0.25, -0.2) is 9.59 Å². The number of fused-ring (bicyclic) bond motifs is 1. The van der Waals surface area contributed by atoms with Crippen LogP contribution in [0.5, 0.6) is 0 Å². The number of benzene rings is 4. The van der Waals surface area contributed by atoms with Crippen molar-refractivity contribution in [2.45, 2.75) is 25.5 Å². The number of anilines is 1. The first-order valence-corrected chi connectivity index (χ1v) is 14.7. The number of alkyl carbamates (subject to hydrolysis) is 1. The molecular weight excluding hydrogens is 586 g/mol. The van der Waals surface area contributed by atoms with Crippen LogP contribution in [0.15, 0.2) is 114 Å². The van der Waals surface area contributed by atoms with Crippen LogP contribution < -0.4 is 16.0 Å². The third kappa shape index (κ3) is 8.38. The van der Waals surface area contributed by atoms with Crippen LogP contribution in [0, 0.1) is 0 Å². The fraction of sp³-hybridized carbons (Fsp3) is 0.167. The Hall–Kier alpha value is -5.90. The molecule has 4 aromatic carbocycles. The maximum atomic E-state index is 13.4. The van der Waals surface area contributed by atoms with E-state index in [0.29, 0.717) is 23.3 Å². The number of para-hydroxylation sites is 1. The maximum Gasteiger partial charge on any atom is 0.407 e. The van der Waals surface area contributed by atoms with E-state index < -0.39 is 29.9 Å². The Balaban J connectivity index is 1.22. The van der Waals surface area contributed by atoms with Gasteiger partial charge in [-0.1, -0.05) is 72.8 Å². The van der Waals surface area contributed by atoms with Gasteiger partial charge in [0.25, 0.3) is 5.91 Å². The summed E-state index contributed by atoms with van der Waals surface area (Å²) in [7, 11) is 1.33. The summed E-state index contributed by atoms with van der Waals surface area (Å²) >= 11 is 0. The second-order valence-electron chi connectivity index (χ2n) is 10.4. The summed E-state index contributed by atoms with van der Waals surface area (Å²) < 4.78 is 15.7. The lowest BCUT2D eigenvalue weighted by atomic mass is 10.0. The number of ether oxygens (including phenoxy) is 2. The average molecular weight is 620 g/mol. The van der Waals surface area contributed by atoms with Crippen molar-refractivity contribution in [1.29, 1.82) is 0 Å². The van der Waals surface area contributed by atoms with Gasteiger partial charge in [0.05, 0.1) is 12.7 Å². The summed E-state index contributed by atoms with van der Waals surface area (Å²) in [5.41, 5.74) is 4.02. The molecule has 0 radical (unpaired) electrons. The van der Waals surface area contributed by atoms with Crippen molar-refractivity contribution in [2.24, 2.45) is 0 Å². The van der Waals surface area contributed by atoms with Crippen LogP contribution in [-0.2, 0) is 20.9 Å². The molecule has 0 spiro atoms. The standard InChI is InChI=1S/C36H33N3O7/c1-44-35(42)28-13-7-12-26(21-28)25-16-18-29(19-17-25)38-33(40)30(39-34(41)32-22-27-11-5-6-15-31(27)46-32)14-8-20-37-36(43)45-23-24-9-3-2-4-10-24/h2-7,9-13,15-19,21-22,30H,8,14,20,23H2,1H3,(H,37,43)(H,38,40)(H,39,41)/t30-/m0/s1. The van der Waals surface area contributed by atoms with Gasteiger partial charge >= 0.3 is 12.1 Å². The molecule has 46 heavy (non-hydrogen) atoms. The summed E-state index contributed by atoms with van der Waals surface area (Å²) in [6, 6.07) is 31.4. The Labute approximate surface area is 265 Å². The number of hydrogen-bond acceptors (Lipinski definition) is 7. The quantitative estimate of drug-likeness (QED) is 0.110. The molecule has 0 saturated carbocycles. The van der Waals surface area contributed by atoms with Gasteiger partial charge < -0.3 is 29.8 Å². The number of esters is 1. The van der Waals surface area contributed by atoms with E-state index in [2.05, 4.69) is 16.0 Å². The second kappa shape index (κ2) is 15.2. The van der Waals surface area contributed by atoms with E-state index in [0.717, 1.165) is 22.1 Å². The molecule has 0 aliphatic rings. The number of methoxy groups -OCH3 is 1. The SMILES string of the molecule is COC(=O)c1cccc(-c2ccc(NC(=O)[C@H](CCCNC(=O)OCc3ccccc3)NC(=O)c3cc4ccccc4o3)cc2)c1. The highest BCUT2D eigenvalue weighted by molar-refractivity contribution is 6.01. The predicted octanol–water partition coefficient (Wildman–Crippen LogP) is 6.33. The molecule has 0 saturated heterocycles. The lowest BCUT2D eigenvalue weighted by Gasteiger charge is -2.18. The highest BCUT2D eigenvalue weighted by atomic mass is 16.5. The first-order valence-electron chi connectivity index (χ1n) is 14.7. The molecule has 1 atom stereocenters. The van der Waals surface area contributed by atoms with E-state index in [1.54, 1.807) is 42.5 Å². The lowest BCUT2D eigenvalue weighted by Crippen LogP contribution is -2.44. The number of hydrogen-bond donors (Lipinski definition) is 3. The minimum atomic E-state index is -0.931. The minimum absolute atomic E-state index is 0.0835. The molecule has 0 unspecified atom stereocenters. The molecule has 234 valence electrons. The number of carbonyl (C=O) groups is 4. The Bertz CT molecular complexity index is 1780. The summed E-state index contributed by atoms with van der Waals surface area (Å²) in [4.78, 5) is 50.7. The summed E-state index contributed by atoms with van der Waals surface area (Å²) in [5, 5.41) is 9.09. The number of nitrogens with one attached hydrogen (secondary N) is 3. The zero-order chi connectivity index (χ0) is 32.3. The maximum absolute atomic E-state index is 13.4. The molecule has 3 amide bonds. The zero-order valence-corrected chi connectivity index (χ0v) is 25.2. The Morgan fingerprint density at radius 1 is 0.804 bits per heavy atom. The van der Waals surface area contributed by atoms with E-state index in [9.17, 15) is 19.2 Å². The monoisotopic (exact) mass is 619 g/mol. The molecule has 0 fully saturated rings. The first kappa shape index (κ1) is 31.5. The lowest BCUT2D eigenvalue weighted by molar-refractivity contribution is -0.118. The summed E-state index contributed by atoms with van der Waals surface area (Å²) in [6.07, 6.45) is 0.0391. The largest absolute Gasteiger partial charge is 0.465 e. The molecule has 3 N–H and O–H groups in total. The van der Waals surface area contributed by atoms with Gasteiger partial charge in [0, 0.05) is 17.6 Å². The Morgan fingerprint density at radius 3 is 2.33 bits per heavy atom. The normalized spacial score (nSPS) is 11.3. The van der Waals surface area contributed by atoms with Gasteiger partial charge in [-0.3, -0.25) is 9.59 Å². The van der Waals surface area contributed by atoms with Crippen LogP contribution in [0.1, 0.15) is 39.3 Å². The van der Waals surface area contributed by atoms with Gasteiger partial charge in [0.1, 0.15) is 18.2 Å². The second-order valence-corrected chi connectivity index (χ2v) is 10.4.